The molecule has 4 saturated carbocycles. The van der Waals surface area contributed by atoms with E-state index in [4.69, 9.17) is 9.47 Å². The Labute approximate surface area is 265 Å². The molecule has 0 aromatic heterocycles. The maximum absolute atomic E-state index is 13.0. The molecule has 0 saturated heterocycles. The highest BCUT2D eigenvalue weighted by atomic mass is 16.5. The summed E-state index contributed by atoms with van der Waals surface area (Å²) in [7, 11) is 4.14. The summed E-state index contributed by atoms with van der Waals surface area (Å²) in [5.41, 5.74) is 3.81. The Morgan fingerprint density at radius 1 is 1.09 bits per heavy atom. The number of nitrogens with one attached hydrogen (secondary N) is 1. The molecule has 0 spiro atoms. The average molecular weight is 603 g/mol. The first-order valence-corrected chi connectivity index (χ1v) is 17.3. The molecule has 0 amide bonds. The van der Waals surface area contributed by atoms with Gasteiger partial charge in [0.15, 0.2) is 5.78 Å². The zero-order valence-electron chi connectivity index (χ0n) is 27.6. The Morgan fingerprint density at radius 2 is 1.91 bits per heavy atom. The third kappa shape index (κ3) is 6.18. The Morgan fingerprint density at radius 3 is 2.73 bits per heavy atom. The number of likely N-dealkylation sites (N-methyl/N-ethyl adjacent to an activating group) is 1. The van der Waals surface area contributed by atoms with Gasteiger partial charge in [0.05, 0.1) is 6.10 Å². The number of rotatable bonds is 11. The van der Waals surface area contributed by atoms with Crippen molar-refractivity contribution in [1.82, 2.24) is 4.90 Å². The third-order valence-electron chi connectivity index (χ3n) is 12.5. The summed E-state index contributed by atoms with van der Waals surface area (Å²) in [4.78, 5) is 27.4. The lowest BCUT2D eigenvalue weighted by Crippen LogP contribution is -2.54. The molecule has 44 heavy (non-hydrogen) atoms. The third-order valence-corrected chi connectivity index (χ3v) is 12.5. The predicted molar refractivity (Wildman–Crippen MR) is 177 cm³/mol. The lowest BCUT2D eigenvalue weighted by molar-refractivity contribution is -0.148. The van der Waals surface area contributed by atoms with Gasteiger partial charge in [0.1, 0.15) is 23.9 Å². The van der Waals surface area contributed by atoms with Crippen molar-refractivity contribution in [3.8, 4) is 5.75 Å². The number of ketones is 2. The van der Waals surface area contributed by atoms with E-state index in [0.29, 0.717) is 35.2 Å². The maximum Gasteiger partial charge on any atom is 0.158 e. The molecule has 0 unspecified atom stereocenters. The van der Waals surface area contributed by atoms with Crippen LogP contribution in [0.3, 0.4) is 0 Å². The van der Waals surface area contributed by atoms with E-state index in [2.05, 4.69) is 56.9 Å². The van der Waals surface area contributed by atoms with E-state index in [1.807, 2.05) is 12.1 Å². The fraction of sp³-hybridized carbons (Fsp3) is 0.684. The molecule has 0 bridgehead atoms. The molecule has 4 fully saturated rings. The van der Waals surface area contributed by atoms with Crippen LogP contribution in [0.5, 0.6) is 5.75 Å². The molecule has 7 atom stereocenters. The predicted octanol–water partition coefficient (Wildman–Crippen LogP) is 7.69. The molecule has 6 nitrogen and oxygen atoms in total. The van der Waals surface area contributed by atoms with Crippen molar-refractivity contribution in [2.75, 3.05) is 39.1 Å². The van der Waals surface area contributed by atoms with Gasteiger partial charge in [-0.2, -0.15) is 0 Å². The first-order chi connectivity index (χ1) is 21.1. The second-order valence-electron chi connectivity index (χ2n) is 15.4. The van der Waals surface area contributed by atoms with E-state index in [1.165, 1.54) is 37.7 Å². The summed E-state index contributed by atoms with van der Waals surface area (Å²) in [5, 5.41) is 3.46. The van der Waals surface area contributed by atoms with Crippen LogP contribution in [0.4, 0.5) is 5.69 Å². The Kier molecular flexibility index (Phi) is 9.14. The number of carbonyl (C=O) groups excluding carboxylic acids is 2. The molecule has 5 aliphatic rings. The number of allylic oxidation sites excluding steroid dienone is 2. The van der Waals surface area contributed by atoms with Crippen molar-refractivity contribution in [1.29, 1.82) is 0 Å². The van der Waals surface area contributed by atoms with Crippen LogP contribution < -0.4 is 10.1 Å². The van der Waals surface area contributed by atoms with Crippen LogP contribution >= 0.6 is 0 Å². The van der Waals surface area contributed by atoms with E-state index in [9.17, 15) is 9.59 Å². The topological polar surface area (TPSA) is 67.9 Å². The van der Waals surface area contributed by atoms with Crippen molar-refractivity contribution in [3.05, 3.63) is 42.2 Å². The van der Waals surface area contributed by atoms with Gasteiger partial charge in [-0.3, -0.25) is 9.59 Å². The number of hydrogen-bond acceptors (Lipinski definition) is 6. The van der Waals surface area contributed by atoms with Crippen molar-refractivity contribution < 1.29 is 19.1 Å². The minimum absolute atomic E-state index is 0.173. The van der Waals surface area contributed by atoms with Gasteiger partial charge in [-0.1, -0.05) is 20.4 Å². The summed E-state index contributed by atoms with van der Waals surface area (Å²) >= 11 is 0. The van der Waals surface area contributed by atoms with Gasteiger partial charge in [0, 0.05) is 49.7 Å². The van der Waals surface area contributed by atoms with E-state index in [1.54, 1.807) is 0 Å². The van der Waals surface area contributed by atoms with Gasteiger partial charge in [-0.05, 0) is 130 Å². The van der Waals surface area contributed by atoms with E-state index >= 15 is 0 Å². The molecule has 6 rings (SSSR count). The van der Waals surface area contributed by atoms with Crippen LogP contribution in [0.25, 0.3) is 5.57 Å². The van der Waals surface area contributed by atoms with Crippen molar-refractivity contribution in [3.63, 3.8) is 0 Å². The summed E-state index contributed by atoms with van der Waals surface area (Å²) in [6, 6.07) is 6.26. The average Bonchev–Trinajstić information content (AvgIpc) is 3.32. The quantitative estimate of drug-likeness (QED) is 0.280. The lowest BCUT2D eigenvalue weighted by Gasteiger charge is -2.60. The zero-order valence-corrected chi connectivity index (χ0v) is 27.6. The molecule has 1 aliphatic heterocycles. The van der Waals surface area contributed by atoms with Crippen LogP contribution in [0.2, 0.25) is 0 Å². The monoisotopic (exact) mass is 602 g/mol. The molecular formula is C38H54N2O4. The molecule has 1 heterocycles. The van der Waals surface area contributed by atoms with Crippen LogP contribution in [-0.4, -0.2) is 56.4 Å². The van der Waals surface area contributed by atoms with Gasteiger partial charge in [-0.15, -0.1) is 0 Å². The largest absolute Gasteiger partial charge is 0.457 e. The normalized spacial score (nSPS) is 34.4. The van der Waals surface area contributed by atoms with Crippen molar-refractivity contribution in [2.24, 2.45) is 34.5 Å². The summed E-state index contributed by atoms with van der Waals surface area (Å²) < 4.78 is 12.4. The Bertz CT molecular complexity index is 1300. The van der Waals surface area contributed by atoms with Crippen LogP contribution in [-0.2, 0) is 14.3 Å². The van der Waals surface area contributed by atoms with E-state index in [-0.39, 0.29) is 23.9 Å². The number of nitrogens with zero attached hydrogens (tertiary/aromatic N) is 1. The van der Waals surface area contributed by atoms with Crippen LogP contribution in [0.15, 0.2) is 36.6 Å². The van der Waals surface area contributed by atoms with Crippen molar-refractivity contribution >= 4 is 22.8 Å². The number of fused-ring (bicyclic) bond motifs is 6. The van der Waals surface area contributed by atoms with Crippen molar-refractivity contribution in [2.45, 2.75) is 97.0 Å². The van der Waals surface area contributed by atoms with Gasteiger partial charge in [0.25, 0.3) is 0 Å². The number of hydrogen-bond donors (Lipinski definition) is 1. The summed E-state index contributed by atoms with van der Waals surface area (Å²) in [6.07, 6.45) is 14.3. The molecule has 0 radical (unpaired) electrons. The molecule has 1 aromatic carbocycles. The van der Waals surface area contributed by atoms with Gasteiger partial charge in [0.2, 0.25) is 0 Å². The van der Waals surface area contributed by atoms with Gasteiger partial charge in [-0.25, -0.2) is 0 Å². The number of Topliss-reactive ketones (excluding diaryl/α,β-unsaturated/α-hetero) is 2. The zero-order chi connectivity index (χ0) is 31.1. The molecule has 4 aliphatic carbocycles. The first kappa shape index (κ1) is 31.5. The van der Waals surface area contributed by atoms with Crippen LogP contribution in [0.1, 0.15) is 96.5 Å². The fourth-order valence-corrected chi connectivity index (χ4v) is 10.1. The second-order valence-corrected chi connectivity index (χ2v) is 15.4. The minimum atomic E-state index is 0.173. The van der Waals surface area contributed by atoms with E-state index in [0.717, 1.165) is 80.5 Å². The maximum atomic E-state index is 13.0. The Balaban J connectivity index is 0.989. The number of carbonyl (C=O) groups is 2. The SMILES string of the molecule is C=C1C=C(CCCC(=O)CO[C@H]2CC[C@H]3[C@@H]4CC[C@H]5CC(=O)CC[C@]5(C)[C@H]4CC[C@]23C)c2ccc(NCCN(C)C)cc2O1. The fourth-order valence-electron chi connectivity index (χ4n) is 10.1. The second kappa shape index (κ2) is 12.7. The van der Waals surface area contributed by atoms with E-state index < -0.39 is 0 Å². The molecule has 1 N–H and O–H groups in total. The number of ether oxygens (including phenoxy) is 2. The minimum Gasteiger partial charge on any atom is -0.457 e. The number of anilines is 1. The van der Waals surface area contributed by atoms with Crippen LogP contribution in [0, 0.1) is 34.5 Å². The summed E-state index contributed by atoms with van der Waals surface area (Å²) in [6.45, 7) is 11.1. The van der Waals surface area contributed by atoms with Gasteiger partial charge < -0.3 is 19.7 Å². The molecule has 6 heteroatoms. The summed E-state index contributed by atoms with van der Waals surface area (Å²) in [5.74, 6) is 4.95. The smallest absolute Gasteiger partial charge is 0.158 e. The molecule has 240 valence electrons. The molecular weight excluding hydrogens is 548 g/mol. The Hall–Kier alpha value is -2.44. The highest BCUT2D eigenvalue weighted by Crippen LogP contribution is 2.66. The standard InChI is InChI=1S/C38H54N2O4/c1-25-21-26(31-12-10-28(23-35(31)44-25)39-19-20-40(4)5)7-6-8-30(42)24-43-36-14-13-33-32-11-9-27-22-29(41)15-17-37(27,2)34(32)16-18-38(33,36)3/h10,12,21,23,27,32-34,36,39H,1,6-9,11,13-20,22,24H2,2-5H3/t27-,32-,33-,34-,36-,37-,38-/m0/s1. The highest BCUT2D eigenvalue weighted by molar-refractivity contribution is 5.81. The first-order valence-electron chi connectivity index (χ1n) is 17.3. The highest BCUT2D eigenvalue weighted by Gasteiger charge is 2.60. The number of benzene rings is 1. The molecule has 1 aromatic rings. The lowest BCUT2D eigenvalue weighted by atomic mass is 9.45. The van der Waals surface area contributed by atoms with Gasteiger partial charge >= 0.3 is 0 Å².